The Morgan fingerprint density at radius 3 is 2.24 bits per heavy atom. The van der Waals surface area contributed by atoms with Crippen LogP contribution in [0.25, 0.3) is 10.8 Å². The lowest BCUT2D eigenvalue weighted by Crippen LogP contribution is -2.35. The van der Waals surface area contributed by atoms with Gasteiger partial charge in [-0.05, 0) is 12.0 Å². The first-order valence-electron chi connectivity index (χ1n) is 8.60. The fourth-order valence-corrected chi connectivity index (χ4v) is 2.73. The average Bonchev–Trinajstić information content (AvgIpc) is 2.68. The molecule has 3 rings (SSSR count). The number of amides is 1. The van der Waals surface area contributed by atoms with Gasteiger partial charge < -0.3 is 0 Å². The topological polar surface area (TPSA) is 76.0 Å². The number of aromatic nitrogens is 2. The Labute approximate surface area is 162 Å². The van der Waals surface area contributed by atoms with Crippen LogP contribution in [0.15, 0.2) is 35.1 Å². The number of anilines is 1. The van der Waals surface area contributed by atoms with Crippen molar-refractivity contribution < 1.29 is 22.4 Å². The van der Waals surface area contributed by atoms with Gasteiger partial charge >= 0.3 is 0 Å². The van der Waals surface area contributed by atoms with Crippen LogP contribution in [0.2, 0.25) is 0 Å². The van der Waals surface area contributed by atoms with E-state index in [1.54, 1.807) is 12.1 Å². The first-order chi connectivity index (χ1) is 13.7. The van der Waals surface area contributed by atoms with Crippen LogP contribution in [0.5, 0.6) is 0 Å². The summed E-state index contributed by atoms with van der Waals surface area (Å²) < 4.78 is 55.2. The summed E-state index contributed by atoms with van der Waals surface area (Å²) in [4.78, 5) is 25.1. The van der Waals surface area contributed by atoms with E-state index in [2.05, 4.69) is 5.10 Å². The maximum absolute atomic E-state index is 13.8. The maximum atomic E-state index is 13.8. The van der Waals surface area contributed by atoms with E-state index in [4.69, 9.17) is 0 Å². The van der Waals surface area contributed by atoms with E-state index in [0.717, 1.165) is 4.68 Å². The molecule has 0 radical (unpaired) electrons. The highest BCUT2D eigenvalue weighted by atomic mass is 19.2. The highest BCUT2D eigenvalue weighted by Gasteiger charge is 2.21. The Morgan fingerprint density at radius 2 is 1.66 bits per heavy atom. The van der Waals surface area contributed by atoms with E-state index in [0.29, 0.717) is 0 Å². The molecule has 1 amide bonds. The van der Waals surface area contributed by atoms with E-state index in [1.165, 1.54) is 12.1 Å². The van der Waals surface area contributed by atoms with Crippen LogP contribution in [0.1, 0.15) is 24.3 Å². The van der Waals surface area contributed by atoms with Crippen molar-refractivity contribution in [3.63, 3.8) is 0 Å². The van der Waals surface area contributed by atoms with Crippen molar-refractivity contribution in [2.45, 2.75) is 20.4 Å². The fourth-order valence-electron chi connectivity index (χ4n) is 2.73. The first-order valence-corrected chi connectivity index (χ1v) is 8.60. The minimum absolute atomic E-state index is 0.0499. The molecular formula is C19H16F4N4O2. The number of benzene rings is 2. The van der Waals surface area contributed by atoms with Crippen molar-refractivity contribution in [3.8, 4) is 0 Å². The predicted molar refractivity (Wildman–Crippen MR) is 98.2 cm³/mol. The van der Waals surface area contributed by atoms with Crippen molar-refractivity contribution in [3.05, 3.63) is 69.6 Å². The van der Waals surface area contributed by atoms with Gasteiger partial charge in [0.05, 0.1) is 5.39 Å². The number of hydrazine groups is 1. The van der Waals surface area contributed by atoms with Gasteiger partial charge in [0, 0.05) is 18.0 Å². The van der Waals surface area contributed by atoms with E-state index < -0.39 is 40.4 Å². The summed E-state index contributed by atoms with van der Waals surface area (Å²) in [6.45, 7) is 3.94. The molecule has 0 atom stereocenters. The van der Waals surface area contributed by atoms with Gasteiger partial charge in [0.2, 0.25) is 0 Å². The molecule has 0 aliphatic carbocycles. The molecule has 0 unspecified atom stereocenters. The molecule has 10 heteroatoms. The van der Waals surface area contributed by atoms with Crippen LogP contribution >= 0.6 is 0 Å². The Bertz CT molecular complexity index is 1130. The first kappa shape index (κ1) is 20.3. The van der Waals surface area contributed by atoms with Gasteiger partial charge in [0.1, 0.15) is 5.69 Å². The van der Waals surface area contributed by atoms with Gasteiger partial charge in [-0.15, -0.1) is 0 Å². The molecule has 0 fully saturated rings. The second-order valence-corrected chi connectivity index (χ2v) is 6.70. The SMILES string of the molecule is CC(C)Cn1nc(C(=O)NNc2c(F)c(F)cc(F)c2F)c2ccccc2c1=O. The molecule has 6 nitrogen and oxygen atoms in total. The van der Waals surface area contributed by atoms with Gasteiger partial charge in [0.25, 0.3) is 11.5 Å². The van der Waals surface area contributed by atoms with Gasteiger partial charge in [0.15, 0.2) is 29.0 Å². The number of fused-ring (bicyclic) bond motifs is 1. The van der Waals surface area contributed by atoms with Gasteiger partial charge in [-0.2, -0.15) is 5.10 Å². The maximum Gasteiger partial charge on any atom is 0.290 e. The second-order valence-electron chi connectivity index (χ2n) is 6.70. The quantitative estimate of drug-likeness (QED) is 0.386. The number of nitrogens with zero attached hydrogens (tertiary/aromatic N) is 2. The molecule has 2 N–H and O–H groups in total. The van der Waals surface area contributed by atoms with Crippen LogP contribution in [0.4, 0.5) is 23.2 Å². The molecule has 2 aromatic carbocycles. The van der Waals surface area contributed by atoms with Crippen molar-refractivity contribution in [2.24, 2.45) is 5.92 Å². The third-order valence-electron chi connectivity index (χ3n) is 4.03. The third kappa shape index (κ3) is 3.91. The molecular weight excluding hydrogens is 392 g/mol. The van der Waals surface area contributed by atoms with Gasteiger partial charge in [-0.1, -0.05) is 32.0 Å². The molecule has 0 aliphatic rings. The molecule has 0 bridgehead atoms. The summed E-state index contributed by atoms with van der Waals surface area (Å²) >= 11 is 0. The molecule has 1 heterocycles. The summed E-state index contributed by atoms with van der Waals surface area (Å²) in [5, 5.41) is 4.49. The van der Waals surface area contributed by atoms with Crippen LogP contribution in [-0.4, -0.2) is 15.7 Å². The Hall–Kier alpha value is -3.43. The zero-order chi connectivity index (χ0) is 21.3. The van der Waals surface area contributed by atoms with Gasteiger partial charge in [-0.25, -0.2) is 22.2 Å². The molecule has 0 saturated carbocycles. The number of rotatable bonds is 5. The highest BCUT2D eigenvalue weighted by Crippen LogP contribution is 2.23. The number of nitrogens with one attached hydrogen (secondary N) is 2. The third-order valence-corrected chi connectivity index (χ3v) is 4.03. The van der Waals surface area contributed by atoms with Crippen molar-refractivity contribution >= 4 is 22.4 Å². The minimum atomic E-state index is -1.70. The lowest BCUT2D eigenvalue weighted by molar-refractivity contribution is 0.0956. The van der Waals surface area contributed by atoms with Crippen LogP contribution in [0.3, 0.4) is 0 Å². The fraction of sp³-hybridized carbons (Fsp3) is 0.211. The minimum Gasteiger partial charge on any atom is -0.293 e. The second kappa shape index (κ2) is 7.90. The Balaban J connectivity index is 2.00. The van der Waals surface area contributed by atoms with Crippen molar-refractivity contribution in [1.29, 1.82) is 0 Å². The normalized spacial score (nSPS) is 11.1. The summed E-state index contributed by atoms with van der Waals surface area (Å²) in [6, 6.07) is 6.25. The van der Waals surface area contributed by atoms with E-state index in [1.807, 2.05) is 24.7 Å². The predicted octanol–water partition coefficient (Wildman–Crippen LogP) is 3.37. The van der Waals surface area contributed by atoms with Crippen LogP contribution < -0.4 is 16.4 Å². The highest BCUT2D eigenvalue weighted by molar-refractivity contribution is 6.05. The number of hydrogen-bond acceptors (Lipinski definition) is 4. The lowest BCUT2D eigenvalue weighted by atomic mass is 10.1. The summed E-state index contributed by atoms with van der Waals surface area (Å²) in [5.41, 5.74) is 2.01. The molecule has 3 aromatic rings. The molecule has 0 aliphatic heterocycles. The molecule has 1 aromatic heterocycles. The van der Waals surface area contributed by atoms with Crippen molar-refractivity contribution in [1.82, 2.24) is 15.2 Å². The molecule has 0 saturated heterocycles. The molecule has 152 valence electrons. The molecule has 29 heavy (non-hydrogen) atoms. The summed E-state index contributed by atoms with van der Waals surface area (Å²) in [7, 11) is 0. The number of hydrogen-bond donors (Lipinski definition) is 2. The number of carbonyl (C=O) groups excluding carboxylic acids is 1. The number of carbonyl (C=O) groups is 1. The lowest BCUT2D eigenvalue weighted by Gasteiger charge is -2.14. The Kier molecular flexibility index (Phi) is 5.53. The largest absolute Gasteiger partial charge is 0.293 e. The van der Waals surface area contributed by atoms with Crippen molar-refractivity contribution in [2.75, 3.05) is 5.43 Å². The van der Waals surface area contributed by atoms with E-state index in [-0.39, 0.29) is 35.0 Å². The van der Waals surface area contributed by atoms with Gasteiger partial charge in [-0.3, -0.25) is 20.4 Å². The molecule has 0 spiro atoms. The standard InChI is InChI=1S/C19H16F4N4O2/c1-9(2)8-27-19(29)11-6-4-3-5-10(11)16(26-27)18(28)25-24-17-14(22)12(20)7-13(21)15(17)23/h3-7,9,24H,8H2,1-2H3,(H,25,28). The zero-order valence-corrected chi connectivity index (χ0v) is 15.4. The summed E-state index contributed by atoms with van der Waals surface area (Å²) in [5.74, 6) is -7.57. The number of halogens is 4. The summed E-state index contributed by atoms with van der Waals surface area (Å²) in [6.07, 6.45) is 0. The zero-order valence-electron chi connectivity index (χ0n) is 15.4. The average molecular weight is 408 g/mol. The van der Waals surface area contributed by atoms with Crippen LogP contribution in [-0.2, 0) is 6.54 Å². The smallest absolute Gasteiger partial charge is 0.290 e. The van der Waals surface area contributed by atoms with E-state index >= 15 is 0 Å². The monoisotopic (exact) mass is 408 g/mol. The Morgan fingerprint density at radius 1 is 1.07 bits per heavy atom. The van der Waals surface area contributed by atoms with Crippen LogP contribution in [0, 0.1) is 29.2 Å². The van der Waals surface area contributed by atoms with E-state index in [9.17, 15) is 27.2 Å².